The van der Waals surface area contributed by atoms with E-state index in [-0.39, 0.29) is 12.4 Å². The van der Waals surface area contributed by atoms with Crippen molar-refractivity contribution in [3.8, 4) is 0 Å². The van der Waals surface area contributed by atoms with Gasteiger partial charge in [-0.05, 0) is 0 Å². The second kappa shape index (κ2) is 3.32. The molecule has 0 fully saturated rings. The quantitative estimate of drug-likeness (QED) is 0.517. The van der Waals surface area contributed by atoms with Crippen molar-refractivity contribution in [3.63, 3.8) is 0 Å². The molecule has 2 N–H and O–H groups in total. The van der Waals surface area contributed by atoms with Crippen molar-refractivity contribution in [2.75, 3.05) is 6.73 Å². The molecule has 1 rings (SSSR count). The molecule has 0 spiro atoms. The van der Waals surface area contributed by atoms with E-state index < -0.39 is 0 Å². The largest absolute Gasteiger partial charge is 0.457 e. The third-order valence-corrected chi connectivity index (χ3v) is 0.650. The lowest BCUT2D eigenvalue weighted by atomic mass is 10.6. The number of halogens is 1. The fourth-order valence-electron chi connectivity index (χ4n) is 0.329. The normalized spacial score (nSPS) is 15.8. The lowest BCUT2D eigenvalue weighted by molar-refractivity contribution is 0.217. The molecule has 0 unspecified atom stereocenters. The molecule has 8 heavy (non-hydrogen) atoms. The van der Waals surface area contributed by atoms with Crippen molar-refractivity contribution < 1.29 is 4.74 Å². The molecule has 0 amide bonds. The molecule has 0 aromatic rings. The first-order valence-electron chi connectivity index (χ1n) is 1.98. The van der Waals surface area contributed by atoms with Crippen LogP contribution in [0, 0.1) is 0 Å². The number of rotatable bonds is 0. The van der Waals surface area contributed by atoms with Gasteiger partial charge in [-0.1, -0.05) is 0 Å². The minimum Gasteiger partial charge on any atom is -0.457 e. The molecule has 0 saturated carbocycles. The standard InChI is InChI=1S/C4H6N2O.ClH/c5-4-1-2-6-3-7-4;/h1-2H,3,5H2;1H. The Labute approximate surface area is 53.6 Å². The maximum atomic E-state index is 5.18. The van der Waals surface area contributed by atoms with Gasteiger partial charge in [0.15, 0.2) is 12.6 Å². The van der Waals surface area contributed by atoms with Crippen molar-refractivity contribution in [1.82, 2.24) is 0 Å². The highest BCUT2D eigenvalue weighted by Crippen LogP contribution is 1.90. The summed E-state index contributed by atoms with van der Waals surface area (Å²) >= 11 is 0. The van der Waals surface area contributed by atoms with Crippen LogP contribution >= 0.6 is 12.4 Å². The Morgan fingerprint density at radius 3 is 2.75 bits per heavy atom. The summed E-state index contributed by atoms with van der Waals surface area (Å²) < 4.78 is 4.72. The van der Waals surface area contributed by atoms with Gasteiger partial charge in [-0.3, -0.25) is 4.99 Å². The highest BCUT2D eigenvalue weighted by atomic mass is 35.5. The predicted octanol–water partition coefficient (Wildman–Crippen LogP) is 0.267. The van der Waals surface area contributed by atoms with Crippen molar-refractivity contribution >= 4 is 18.6 Å². The fraction of sp³-hybridized carbons (Fsp3) is 0.250. The molecule has 0 saturated heterocycles. The van der Waals surface area contributed by atoms with Gasteiger partial charge < -0.3 is 10.5 Å². The zero-order valence-corrected chi connectivity index (χ0v) is 5.02. The van der Waals surface area contributed by atoms with Crippen molar-refractivity contribution in [1.29, 1.82) is 0 Å². The first-order chi connectivity index (χ1) is 3.39. The molecule has 0 aliphatic carbocycles. The van der Waals surface area contributed by atoms with Gasteiger partial charge in [-0.25, -0.2) is 0 Å². The van der Waals surface area contributed by atoms with Crippen LogP contribution in [0.3, 0.4) is 0 Å². The molecule has 1 heterocycles. The van der Waals surface area contributed by atoms with E-state index in [0.717, 1.165) is 0 Å². The summed E-state index contributed by atoms with van der Waals surface area (Å²) in [6, 6.07) is 0. The number of ether oxygens (including phenoxy) is 1. The number of hydrogen-bond donors (Lipinski definition) is 1. The topological polar surface area (TPSA) is 47.6 Å². The molecular weight excluding hydrogens is 128 g/mol. The van der Waals surface area contributed by atoms with E-state index in [9.17, 15) is 0 Å². The Bertz CT molecular complexity index is 121. The maximum absolute atomic E-state index is 5.18. The Morgan fingerprint density at radius 2 is 2.50 bits per heavy atom. The summed E-state index contributed by atoms with van der Waals surface area (Å²) in [4.78, 5) is 3.72. The molecule has 46 valence electrons. The maximum Gasteiger partial charge on any atom is 0.187 e. The summed E-state index contributed by atoms with van der Waals surface area (Å²) in [5, 5.41) is 0. The van der Waals surface area contributed by atoms with Crippen LogP contribution in [0.1, 0.15) is 0 Å². The molecule has 4 heteroatoms. The van der Waals surface area contributed by atoms with Crippen LogP contribution in [0.15, 0.2) is 17.0 Å². The van der Waals surface area contributed by atoms with E-state index >= 15 is 0 Å². The molecule has 0 aromatic carbocycles. The Kier molecular flexibility index (Phi) is 3.03. The first-order valence-corrected chi connectivity index (χ1v) is 1.98. The van der Waals surface area contributed by atoms with E-state index in [1.165, 1.54) is 0 Å². The van der Waals surface area contributed by atoms with Crippen LogP contribution in [0.5, 0.6) is 0 Å². The summed E-state index contributed by atoms with van der Waals surface area (Å²) in [5.41, 5.74) is 5.18. The van der Waals surface area contributed by atoms with E-state index in [4.69, 9.17) is 10.5 Å². The van der Waals surface area contributed by atoms with E-state index in [2.05, 4.69) is 4.99 Å². The number of allylic oxidation sites excluding steroid dienone is 1. The van der Waals surface area contributed by atoms with E-state index in [1.807, 2.05) is 0 Å². The van der Waals surface area contributed by atoms with Crippen molar-refractivity contribution in [2.24, 2.45) is 10.7 Å². The van der Waals surface area contributed by atoms with Gasteiger partial charge in [0, 0.05) is 12.3 Å². The Balaban J connectivity index is 0.000000490. The minimum atomic E-state index is 0. The highest BCUT2D eigenvalue weighted by Gasteiger charge is 1.88. The van der Waals surface area contributed by atoms with Gasteiger partial charge >= 0.3 is 0 Å². The number of aliphatic imine (C=N–C) groups is 1. The zero-order valence-electron chi connectivity index (χ0n) is 4.20. The SMILES string of the molecule is Cl.NC1=CC=NCO1. The second-order valence-corrected chi connectivity index (χ2v) is 1.17. The first kappa shape index (κ1) is 7.30. The molecule has 0 aromatic heterocycles. The third kappa shape index (κ3) is 1.84. The summed E-state index contributed by atoms with van der Waals surface area (Å²) in [6.07, 6.45) is 3.24. The molecule has 1 aliphatic rings. The van der Waals surface area contributed by atoms with Crippen LogP contribution in [-0.4, -0.2) is 12.9 Å². The van der Waals surface area contributed by atoms with Gasteiger partial charge in [0.2, 0.25) is 0 Å². The second-order valence-electron chi connectivity index (χ2n) is 1.17. The average molecular weight is 135 g/mol. The lowest BCUT2D eigenvalue weighted by Crippen LogP contribution is -2.06. The average Bonchev–Trinajstić information content (AvgIpc) is 1.69. The molecule has 0 radical (unpaired) electrons. The van der Waals surface area contributed by atoms with Crippen LogP contribution < -0.4 is 5.73 Å². The van der Waals surface area contributed by atoms with Gasteiger partial charge in [0.05, 0.1) is 0 Å². The molecule has 3 nitrogen and oxygen atoms in total. The van der Waals surface area contributed by atoms with Crippen LogP contribution in [0.4, 0.5) is 0 Å². The summed E-state index contributed by atoms with van der Waals surface area (Å²) in [7, 11) is 0. The smallest absolute Gasteiger partial charge is 0.187 e. The molecule has 0 bridgehead atoms. The predicted molar refractivity (Wildman–Crippen MR) is 34.0 cm³/mol. The summed E-state index contributed by atoms with van der Waals surface area (Å²) in [6.45, 7) is 0.363. The minimum absolute atomic E-state index is 0. The van der Waals surface area contributed by atoms with Gasteiger partial charge in [0.1, 0.15) is 0 Å². The number of nitrogens with two attached hydrogens (primary N) is 1. The van der Waals surface area contributed by atoms with Crippen LogP contribution in [0.25, 0.3) is 0 Å². The highest BCUT2D eigenvalue weighted by molar-refractivity contribution is 5.85. The third-order valence-electron chi connectivity index (χ3n) is 0.650. The van der Waals surface area contributed by atoms with E-state index in [1.54, 1.807) is 12.3 Å². The fourth-order valence-corrected chi connectivity index (χ4v) is 0.329. The summed E-state index contributed by atoms with van der Waals surface area (Å²) in [5.74, 6) is 0.440. The molecule has 0 atom stereocenters. The van der Waals surface area contributed by atoms with Crippen LogP contribution in [-0.2, 0) is 4.74 Å². The monoisotopic (exact) mass is 134 g/mol. The van der Waals surface area contributed by atoms with Gasteiger partial charge in [-0.15, -0.1) is 12.4 Å². The Morgan fingerprint density at radius 1 is 1.75 bits per heavy atom. The molecular formula is C4H7ClN2O. The van der Waals surface area contributed by atoms with Crippen LogP contribution in [0.2, 0.25) is 0 Å². The van der Waals surface area contributed by atoms with Crippen molar-refractivity contribution in [3.05, 3.63) is 12.0 Å². The van der Waals surface area contributed by atoms with Gasteiger partial charge in [-0.2, -0.15) is 0 Å². The van der Waals surface area contributed by atoms with Crippen molar-refractivity contribution in [2.45, 2.75) is 0 Å². The number of hydrogen-bond acceptors (Lipinski definition) is 3. The Hall–Kier alpha value is -0.700. The molecule has 1 aliphatic heterocycles. The lowest BCUT2D eigenvalue weighted by Gasteiger charge is -2.02. The number of nitrogens with zero attached hydrogens (tertiary/aromatic N) is 1. The van der Waals surface area contributed by atoms with E-state index in [0.29, 0.717) is 12.6 Å². The zero-order chi connectivity index (χ0) is 5.11. The van der Waals surface area contributed by atoms with Gasteiger partial charge in [0.25, 0.3) is 0 Å².